The highest BCUT2D eigenvalue weighted by Gasteiger charge is 2.42. The Bertz CT molecular complexity index is 831. The lowest BCUT2D eigenvalue weighted by atomic mass is 9.92. The third-order valence-corrected chi connectivity index (χ3v) is 4.98. The van der Waals surface area contributed by atoms with Gasteiger partial charge in [-0.3, -0.25) is 0 Å². The molecule has 0 saturated carbocycles. The van der Waals surface area contributed by atoms with Gasteiger partial charge in [-0.1, -0.05) is 78.9 Å². The number of hydrogen-bond donors (Lipinski definition) is 0. The van der Waals surface area contributed by atoms with Gasteiger partial charge in [-0.15, -0.1) is 0 Å². The first-order chi connectivity index (χ1) is 11.7. The number of nitrogens with zero attached hydrogens (tertiary/aromatic N) is 1. The van der Waals surface area contributed by atoms with Crippen molar-refractivity contribution in [1.29, 1.82) is 0 Å². The van der Waals surface area contributed by atoms with Crippen molar-refractivity contribution in [1.82, 2.24) is 0 Å². The highest BCUT2D eigenvalue weighted by molar-refractivity contribution is 5.60. The van der Waals surface area contributed by atoms with Crippen LogP contribution in [-0.2, 0) is 10.5 Å². The van der Waals surface area contributed by atoms with Crippen LogP contribution in [0.5, 0.6) is 0 Å². The van der Waals surface area contributed by atoms with E-state index in [2.05, 4.69) is 91.7 Å². The summed E-state index contributed by atoms with van der Waals surface area (Å²) in [4.78, 5) is 2.23. The minimum absolute atomic E-state index is 0.0798. The Labute approximate surface area is 143 Å². The predicted octanol–water partition coefficient (Wildman–Crippen LogP) is 5.12. The van der Waals surface area contributed by atoms with Gasteiger partial charge in [0.05, 0.1) is 0 Å². The fourth-order valence-corrected chi connectivity index (χ4v) is 3.50. The van der Waals surface area contributed by atoms with Crippen molar-refractivity contribution < 1.29 is 4.74 Å². The molecule has 0 N–H and O–H groups in total. The molecule has 0 saturated heterocycles. The quantitative estimate of drug-likeness (QED) is 0.651. The molecule has 2 heteroatoms. The van der Waals surface area contributed by atoms with Gasteiger partial charge in [-0.2, -0.15) is 0 Å². The zero-order valence-corrected chi connectivity index (χ0v) is 14.0. The Kier molecular flexibility index (Phi) is 3.62. The molecule has 2 atom stereocenters. The monoisotopic (exact) mass is 315 g/mol. The molecule has 2 nitrogen and oxygen atoms in total. The van der Waals surface area contributed by atoms with Crippen LogP contribution in [0.25, 0.3) is 0 Å². The van der Waals surface area contributed by atoms with Crippen LogP contribution in [0, 0.1) is 0 Å². The molecular formula is C22H21NO. The minimum Gasteiger partial charge on any atom is -0.343 e. The molecule has 120 valence electrons. The van der Waals surface area contributed by atoms with Crippen molar-refractivity contribution in [2.75, 3.05) is 11.9 Å². The summed E-state index contributed by atoms with van der Waals surface area (Å²) in [6, 6.07) is 29.4. The summed E-state index contributed by atoms with van der Waals surface area (Å²) in [6.07, 6.45) is -0.0798. The lowest BCUT2D eigenvalue weighted by Gasteiger charge is -2.48. The Morgan fingerprint density at radius 3 is 2.08 bits per heavy atom. The average Bonchev–Trinajstić information content (AvgIpc) is 2.66. The Hall–Kier alpha value is -2.58. The van der Waals surface area contributed by atoms with E-state index in [0.717, 1.165) is 5.56 Å². The van der Waals surface area contributed by atoms with Crippen molar-refractivity contribution in [3.8, 4) is 0 Å². The van der Waals surface area contributed by atoms with Crippen LogP contribution >= 0.6 is 0 Å². The van der Waals surface area contributed by atoms with Gasteiger partial charge in [0.25, 0.3) is 0 Å². The summed E-state index contributed by atoms with van der Waals surface area (Å²) in [7, 11) is 2.10. The van der Waals surface area contributed by atoms with Crippen LogP contribution in [0.15, 0.2) is 84.9 Å². The second-order valence-electron chi connectivity index (χ2n) is 6.38. The van der Waals surface area contributed by atoms with Gasteiger partial charge in [-0.25, -0.2) is 0 Å². The van der Waals surface area contributed by atoms with Crippen LogP contribution in [0.4, 0.5) is 5.69 Å². The van der Waals surface area contributed by atoms with Gasteiger partial charge < -0.3 is 9.64 Å². The number of fused-ring (bicyclic) bond motifs is 1. The van der Waals surface area contributed by atoms with E-state index in [9.17, 15) is 0 Å². The number of ether oxygens (including phenoxy) is 1. The molecule has 3 aromatic carbocycles. The molecule has 0 bridgehead atoms. The topological polar surface area (TPSA) is 12.5 Å². The first-order valence-corrected chi connectivity index (χ1v) is 8.31. The van der Waals surface area contributed by atoms with Gasteiger partial charge in [0.2, 0.25) is 0 Å². The third kappa shape index (κ3) is 2.31. The number of para-hydroxylation sites is 1. The van der Waals surface area contributed by atoms with E-state index in [1.54, 1.807) is 0 Å². The van der Waals surface area contributed by atoms with E-state index in [0.29, 0.717) is 0 Å². The van der Waals surface area contributed by atoms with Crippen LogP contribution in [-0.4, -0.2) is 7.05 Å². The smallest absolute Gasteiger partial charge is 0.165 e. The summed E-state index contributed by atoms with van der Waals surface area (Å²) in [5, 5.41) is 0. The first kappa shape index (κ1) is 15.0. The van der Waals surface area contributed by atoms with Crippen LogP contribution < -0.4 is 4.90 Å². The summed E-state index contributed by atoms with van der Waals surface area (Å²) < 4.78 is 6.71. The molecule has 24 heavy (non-hydrogen) atoms. The van der Waals surface area contributed by atoms with E-state index < -0.39 is 5.72 Å². The maximum atomic E-state index is 6.71. The minimum atomic E-state index is -0.518. The number of anilines is 1. The molecule has 0 radical (unpaired) electrons. The number of benzene rings is 3. The largest absolute Gasteiger partial charge is 0.343 e. The van der Waals surface area contributed by atoms with Gasteiger partial charge >= 0.3 is 0 Å². The Morgan fingerprint density at radius 1 is 0.792 bits per heavy atom. The Balaban J connectivity index is 1.89. The zero-order valence-electron chi connectivity index (χ0n) is 14.0. The lowest BCUT2D eigenvalue weighted by Crippen LogP contribution is -2.48. The van der Waals surface area contributed by atoms with Gasteiger partial charge in [0.1, 0.15) is 6.10 Å². The SMILES string of the molecule is CN1c2ccccc2C(c2ccccc2)OC1(C)c1ccccc1. The molecule has 3 aromatic rings. The van der Waals surface area contributed by atoms with Crippen LogP contribution in [0.2, 0.25) is 0 Å². The standard InChI is InChI=1S/C22H21NO/c1-22(18-13-7-4-8-14-18)23(2)20-16-10-9-15-19(20)21(24-22)17-11-5-3-6-12-17/h3-16,21H,1-2H3. The van der Waals surface area contributed by atoms with E-state index in [1.807, 2.05) is 12.1 Å². The maximum Gasteiger partial charge on any atom is 0.165 e. The van der Waals surface area contributed by atoms with Crippen LogP contribution in [0.3, 0.4) is 0 Å². The summed E-state index contributed by atoms with van der Waals surface area (Å²) in [5.41, 5.74) is 4.24. The summed E-state index contributed by atoms with van der Waals surface area (Å²) in [5.74, 6) is 0. The van der Waals surface area contributed by atoms with Crippen molar-refractivity contribution in [2.45, 2.75) is 18.8 Å². The van der Waals surface area contributed by atoms with E-state index in [-0.39, 0.29) is 6.10 Å². The van der Waals surface area contributed by atoms with Crippen LogP contribution in [0.1, 0.15) is 29.7 Å². The fourth-order valence-electron chi connectivity index (χ4n) is 3.50. The van der Waals surface area contributed by atoms with Gasteiger partial charge in [0, 0.05) is 23.9 Å². The molecule has 0 spiro atoms. The van der Waals surface area contributed by atoms with Crippen molar-refractivity contribution in [3.63, 3.8) is 0 Å². The second-order valence-corrected chi connectivity index (χ2v) is 6.38. The lowest BCUT2D eigenvalue weighted by molar-refractivity contribution is -0.0816. The normalized spacial score (nSPS) is 22.9. The summed E-state index contributed by atoms with van der Waals surface area (Å²) >= 11 is 0. The number of rotatable bonds is 2. The zero-order chi connectivity index (χ0) is 16.6. The fraction of sp³-hybridized carbons (Fsp3) is 0.182. The molecule has 1 aliphatic heterocycles. The third-order valence-electron chi connectivity index (χ3n) is 4.98. The molecule has 0 aromatic heterocycles. The second kappa shape index (κ2) is 5.81. The molecule has 1 heterocycles. The molecule has 0 fully saturated rings. The van der Waals surface area contributed by atoms with E-state index >= 15 is 0 Å². The van der Waals surface area contributed by atoms with E-state index in [4.69, 9.17) is 4.74 Å². The molecule has 2 unspecified atom stereocenters. The molecular weight excluding hydrogens is 294 g/mol. The molecule has 0 amide bonds. The molecule has 1 aliphatic rings. The predicted molar refractivity (Wildman–Crippen MR) is 98.0 cm³/mol. The summed E-state index contributed by atoms with van der Waals surface area (Å²) in [6.45, 7) is 2.15. The number of hydrogen-bond acceptors (Lipinski definition) is 2. The molecule has 4 rings (SSSR count). The van der Waals surface area contributed by atoms with Crippen molar-refractivity contribution in [2.24, 2.45) is 0 Å². The van der Waals surface area contributed by atoms with Crippen molar-refractivity contribution >= 4 is 5.69 Å². The Morgan fingerprint density at radius 2 is 1.38 bits per heavy atom. The average molecular weight is 315 g/mol. The van der Waals surface area contributed by atoms with Crippen molar-refractivity contribution in [3.05, 3.63) is 102 Å². The molecule has 0 aliphatic carbocycles. The van der Waals surface area contributed by atoms with E-state index in [1.165, 1.54) is 16.8 Å². The van der Waals surface area contributed by atoms with Gasteiger partial charge in [0.15, 0.2) is 5.72 Å². The highest BCUT2D eigenvalue weighted by Crippen LogP contribution is 2.47. The maximum absolute atomic E-state index is 6.71. The first-order valence-electron chi connectivity index (χ1n) is 8.31. The highest BCUT2D eigenvalue weighted by atomic mass is 16.5. The van der Waals surface area contributed by atoms with Gasteiger partial charge in [-0.05, 0) is 18.6 Å².